The minimum Gasteiger partial charge on any atom is -0.388 e. The molecule has 110 valence electrons. The van der Waals surface area contributed by atoms with Crippen molar-refractivity contribution in [3.63, 3.8) is 0 Å². The highest BCUT2D eigenvalue weighted by Gasteiger charge is 2.22. The quantitative estimate of drug-likeness (QED) is 0.903. The third kappa shape index (κ3) is 2.17. The van der Waals surface area contributed by atoms with E-state index in [9.17, 15) is 5.11 Å². The van der Waals surface area contributed by atoms with Gasteiger partial charge in [-0.2, -0.15) is 0 Å². The van der Waals surface area contributed by atoms with Gasteiger partial charge in [0.05, 0.1) is 12.1 Å². The second-order valence-electron chi connectivity index (χ2n) is 5.41. The molecule has 4 rings (SSSR count). The summed E-state index contributed by atoms with van der Waals surface area (Å²) in [7, 11) is 0. The molecule has 0 radical (unpaired) electrons. The Morgan fingerprint density at radius 2 is 2.18 bits per heavy atom. The number of rotatable bonds is 3. The van der Waals surface area contributed by atoms with E-state index in [0.717, 1.165) is 26.6 Å². The van der Waals surface area contributed by atoms with Crippen LogP contribution in [0.15, 0.2) is 56.9 Å². The number of hydrogen-bond donors (Lipinski definition) is 1. The van der Waals surface area contributed by atoms with Crippen molar-refractivity contribution in [2.75, 3.05) is 0 Å². The number of aliphatic hydroxyl groups excluding tert-OH is 1. The molecule has 2 aliphatic rings. The maximum Gasteiger partial charge on any atom is 0.161 e. The first-order valence-corrected chi connectivity index (χ1v) is 7.96. The highest BCUT2D eigenvalue weighted by atomic mass is 79.9. The van der Waals surface area contributed by atoms with Crippen molar-refractivity contribution in [2.24, 2.45) is 9.98 Å². The van der Waals surface area contributed by atoms with Gasteiger partial charge < -0.3 is 9.67 Å². The fourth-order valence-electron chi connectivity index (χ4n) is 3.02. The Labute approximate surface area is 136 Å². The average molecular weight is 356 g/mol. The van der Waals surface area contributed by atoms with Crippen LogP contribution < -0.4 is 10.8 Å². The number of aliphatic imine (C=N–C) groups is 1. The Morgan fingerprint density at radius 1 is 1.32 bits per heavy atom. The molecule has 2 aromatic rings. The van der Waals surface area contributed by atoms with Gasteiger partial charge in [0.1, 0.15) is 12.0 Å². The molecule has 1 aromatic heterocycles. The number of aliphatic hydroxyl groups is 1. The van der Waals surface area contributed by atoms with E-state index in [1.807, 2.05) is 42.5 Å². The van der Waals surface area contributed by atoms with Crippen LogP contribution in [0.1, 0.15) is 24.1 Å². The topological polar surface area (TPSA) is 49.9 Å². The number of allylic oxidation sites excluding steroid dienone is 2. The number of hydrogen-bond acceptors (Lipinski definition) is 3. The van der Waals surface area contributed by atoms with Crippen molar-refractivity contribution in [3.8, 4) is 0 Å². The molecule has 0 bridgehead atoms. The van der Waals surface area contributed by atoms with E-state index in [1.54, 1.807) is 6.34 Å². The van der Waals surface area contributed by atoms with E-state index in [1.165, 1.54) is 0 Å². The van der Waals surface area contributed by atoms with E-state index < -0.39 is 6.10 Å². The van der Waals surface area contributed by atoms with Crippen molar-refractivity contribution < 1.29 is 5.11 Å². The Balaban J connectivity index is 1.69. The lowest BCUT2D eigenvalue weighted by Crippen LogP contribution is -2.32. The minimum atomic E-state index is -0.545. The Morgan fingerprint density at radius 3 is 3.05 bits per heavy atom. The molecule has 0 amide bonds. The molecule has 3 heterocycles. The smallest absolute Gasteiger partial charge is 0.161 e. The Bertz CT molecular complexity index is 910. The maximum atomic E-state index is 10.6. The first-order chi connectivity index (χ1) is 10.7. The highest BCUT2D eigenvalue weighted by Crippen LogP contribution is 2.30. The van der Waals surface area contributed by atoms with E-state index in [2.05, 4.69) is 36.6 Å². The van der Waals surface area contributed by atoms with E-state index >= 15 is 0 Å². The second kappa shape index (κ2) is 5.34. The van der Waals surface area contributed by atoms with E-state index in [4.69, 9.17) is 0 Å². The van der Waals surface area contributed by atoms with Gasteiger partial charge in [-0.15, -0.1) is 0 Å². The van der Waals surface area contributed by atoms with E-state index in [-0.39, 0.29) is 6.04 Å². The third-order valence-electron chi connectivity index (χ3n) is 4.06. The zero-order valence-electron chi connectivity index (χ0n) is 11.7. The summed E-state index contributed by atoms with van der Waals surface area (Å²) in [5, 5.41) is 11.7. The summed E-state index contributed by atoms with van der Waals surface area (Å²) in [4.78, 5) is 8.61. The molecule has 0 spiro atoms. The SMILES string of the molecule is OC(CC1C=CC=c2cc3c(n21)=NC=N3)c1ccccc1Br. The molecular formula is C17H14BrN3O. The Kier molecular flexibility index (Phi) is 3.32. The first kappa shape index (κ1) is 13.7. The fraction of sp³-hybridized carbons (Fsp3) is 0.176. The number of nitrogens with zero attached hydrogens (tertiary/aromatic N) is 3. The van der Waals surface area contributed by atoms with Crippen LogP contribution in [0, 0.1) is 0 Å². The molecule has 2 unspecified atom stereocenters. The summed E-state index contributed by atoms with van der Waals surface area (Å²) >= 11 is 3.51. The molecule has 22 heavy (non-hydrogen) atoms. The number of aromatic nitrogens is 1. The highest BCUT2D eigenvalue weighted by molar-refractivity contribution is 9.10. The molecule has 0 saturated heterocycles. The van der Waals surface area contributed by atoms with Crippen molar-refractivity contribution >= 4 is 34.0 Å². The molecule has 0 aliphatic carbocycles. The average Bonchev–Trinajstić information content (AvgIpc) is 3.08. The van der Waals surface area contributed by atoms with Crippen LogP contribution in [0.4, 0.5) is 5.69 Å². The fourth-order valence-corrected chi connectivity index (χ4v) is 3.57. The lowest BCUT2D eigenvalue weighted by atomic mass is 10.0. The summed E-state index contributed by atoms with van der Waals surface area (Å²) in [5.41, 5.74) is 2.68. The molecular weight excluding hydrogens is 342 g/mol. The molecule has 0 fully saturated rings. The Hall–Kier alpha value is -1.98. The van der Waals surface area contributed by atoms with Crippen LogP contribution in [0.25, 0.3) is 6.08 Å². The van der Waals surface area contributed by atoms with Crippen molar-refractivity contribution in [1.82, 2.24) is 4.57 Å². The van der Waals surface area contributed by atoms with Crippen molar-refractivity contribution in [1.29, 1.82) is 0 Å². The van der Waals surface area contributed by atoms with Gasteiger partial charge in [-0.05, 0) is 23.8 Å². The molecule has 5 heteroatoms. The van der Waals surface area contributed by atoms with Gasteiger partial charge >= 0.3 is 0 Å². The summed E-state index contributed by atoms with van der Waals surface area (Å²) in [6.07, 6.45) is 7.81. The third-order valence-corrected chi connectivity index (χ3v) is 4.78. The zero-order valence-corrected chi connectivity index (χ0v) is 13.3. The van der Waals surface area contributed by atoms with Crippen LogP contribution >= 0.6 is 15.9 Å². The van der Waals surface area contributed by atoms with Gasteiger partial charge in [0.2, 0.25) is 0 Å². The second-order valence-corrected chi connectivity index (χ2v) is 6.27. The van der Waals surface area contributed by atoms with Gasteiger partial charge in [0, 0.05) is 16.2 Å². The predicted octanol–water partition coefficient (Wildman–Crippen LogP) is 2.56. The lowest BCUT2D eigenvalue weighted by Gasteiger charge is -2.22. The molecule has 2 atom stereocenters. The van der Waals surface area contributed by atoms with Gasteiger partial charge in [-0.3, -0.25) is 0 Å². The van der Waals surface area contributed by atoms with Gasteiger partial charge in [0.15, 0.2) is 5.49 Å². The number of fused-ring (bicyclic) bond motifs is 3. The number of benzene rings is 1. The van der Waals surface area contributed by atoms with Gasteiger partial charge in [0.25, 0.3) is 0 Å². The van der Waals surface area contributed by atoms with Gasteiger partial charge in [-0.1, -0.05) is 46.3 Å². The van der Waals surface area contributed by atoms with Crippen LogP contribution in [0.5, 0.6) is 0 Å². The molecule has 0 saturated carbocycles. The summed E-state index contributed by atoms with van der Waals surface area (Å²) in [6.45, 7) is 0. The normalized spacial score (nSPS) is 19.3. The summed E-state index contributed by atoms with van der Waals surface area (Å²) in [5.74, 6) is 0. The van der Waals surface area contributed by atoms with Gasteiger partial charge in [-0.25, -0.2) is 9.98 Å². The van der Waals surface area contributed by atoms with Crippen LogP contribution in [0.2, 0.25) is 0 Å². The van der Waals surface area contributed by atoms with E-state index in [0.29, 0.717) is 6.42 Å². The van der Waals surface area contributed by atoms with Crippen molar-refractivity contribution in [2.45, 2.75) is 18.6 Å². The largest absolute Gasteiger partial charge is 0.388 e. The van der Waals surface area contributed by atoms with Crippen LogP contribution in [-0.4, -0.2) is 16.0 Å². The van der Waals surface area contributed by atoms with Crippen molar-refractivity contribution in [3.05, 3.63) is 63.4 Å². The molecule has 1 aromatic carbocycles. The monoisotopic (exact) mass is 355 g/mol. The number of halogens is 1. The van der Waals surface area contributed by atoms with Crippen LogP contribution in [0.3, 0.4) is 0 Å². The van der Waals surface area contributed by atoms with Crippen LogP contribution in [-0.2, 0) is 0 Å². The summed E-state index contributed by atoms with van der Waals surface area (Å²) < 4.78 is 3.07. The molecule has 1 N–H and O–H groups in total. The summed E-state index contributed by atoms with van der Waals surface area (Å²) in [6, 6.07) is 9.88. The predicted molar refractivity (Wildman–Crippen MR) is 89.7 cm³/mol. The zero-order chi connectivity index (χ0) is 15.1. The maximum absolute atomic E-state index is 10.6. The molecule has 4 nitrogen and oxygen atoms in total. The standard InChI is InChI=1S/C17H14BrN3O/c18-14-7-2-1-6-13(14)16(22)9-12-5-3-4-11-8-15-17(21(11)12)20-10-19-15/h1-8,10,12,16,22H,9H2. The lowest BCUT2D eigenvalue weighted by molar-refractivity contribution is 0.152. The minimum absolute atomic E-state index is 0.0660. The molecule has 2 aliphatic heterocycles. The first-order valence-electron chi connectivity index (χ1n) is 7.16.